The maximum absolute atomic E-state index is 12.2. The highest BCUT2D eigenvalue weighted by Crippen LogP contribution is 2.15. The Labute approximate surface area is 117 Å². The fourth-order valence-corrected chi connectivity index (χ4v) is 1.71. The molecular weight excluding hydrogens is 256 g/mol. The van der Waals surface area contributed by atoms with Gasteiger partial charge in [0.25, 0.3) is 5.91 Å². The molecule has 4 N–H and O–H groups in total. The Morgan fingerprint density at radius 2 is 2.10 bits per heavy atom. The van der Waals surface area contributed by atoms with Crippen LogP contribution in [0, 0.1) is 0 Å². The monoisotopic (exact) mass is 274 g/mol. The number of aromatic nitrogens is 4. The van der Waals surface area contributed by atoms with Crippen molar-refractivity contribution in [2.24, 2.45) is 0 Å². The highest BCUT2D eigenvalue weighted by molar-refractivity contribution is 5.97. The number of aromatic amines is 1. The number of nitrogen functional groups attached to an aromatic ring is 1. The van der Waals surface area contributed by atoms with Gasteiger partial charge in [-0.15, -0.1) is 0 Å². The molecular formula is C13H18N6O. The molecule has 0 bridgehead atoms. The van der Waals surface area contributed by atoms with Crippen molar-refractivity contribution in [3.8, 4) is 0 Å². The lowest BCUT2D eigenvalue weighted by Crippen LogP contribution is -2.29. The molecule has 0 aliphatic heterocycles. The van der Waals surface area contributed by atoms with Crippen LogP contribution in [0.2, 0.25) is 0 Å². The number of amides is 1. The lowest BCUT2D eigenvalue weighted by molar-refractivity contribution is 0.0934. The summed E-state index contributed by atoms with van der Waals surface area (Å²) in [5.74, 6) is 1.06. The van der Waals surface area contributed by atoms with E-state index in [-0.39, 0.29) is 29.2 Å². The number of imidazole rings is 1. The normalized spacial score (nSPS) is 12.4. The molecule has 1 atom stereocenters. The van der Waals surface area contributed by atoms with Crippen LogP contribution in [0.4, 0.5) is 5.69 Å². The van der Waals surface area contributed by atoms with Gasteiger partial charge in [-0.2, -0.15) is 0 Å². The molecule has 7 nitrogen and oxygen atoms in total. The minimum absolute atomic E-state index is 0.129. The van der Waals surface area contributed by atoms with Gasteiger partial charge >= 0.3 is 0 Å². The molecule has 1 unspecified atom stereocenters. The number of nitrogens with one attached hydrogen (secondary N) is 2. The minimum atomic E-state index is -0.337. The van der Waals surface area contributed by atoms with Crippen LogP contribution in [0.5, 0.6) is 0 Å². The van der Waals surface area contributed by atoms with Crippen molar-refractivity contribution in [1.82, 2.24) is 25.3 Å². The van der Waals surface area contributed by atoms with Crippen LogP contribution >= 0.6 is 0 Å². The van der Waals surface area contributed by atoms with Gasteiger partial charge in [0.05, 0.1) is 17.9 Å². The van der Waals surface area contributed by atoms with E-state index in [1.807, 2.05) is 20.8 Å². The third-order valence-electron chi connectivity index (χ3n) is 2.84. The standard InChI is InChI=1S/C13H18N6O/c1-7(2)11-17-6-9(14)10(19-11)13(20)18-8(3)12-15-4-5-16-12/h4-8H,14H2,1-3H3,(H,15,16)(H,18,20). The van der Waals surface area contributed by atoms with Crippen molar-refractivity contribution in [2.75, 3.05) is 5.73 Å². The van der Waals surface area contributed by atoms with Gasteiger partial charge in [0.2, 0.25) is 0 Å². The van der Waals surface area contributed by atoms with Crippen molar-refractivity contribution < 1.29 is 4.79 Å². The minimum Gasteiger partial charge on any atom is -0.396 e. The van der Waals surface area contributed by atoms with Crippen molar-refractivity contribution >= 4 is 11.6 Å². The number of nitrogens with zero attached hydrogens (tertiary/aromatic N) is 3. The smallest absolute Gasteiger partial charge is 0.272 e. The molecule has 0 saturated heterocycles. The third-order valence-corrected chi connectivity index (χ3v) is 2.84. The first-order valence-electron chi connectivity index (χ1n) is 6.41. The van der Waals surface area contributed by atoms with Gasteiger partial charge in [-0.25, -0.2) is 15.0 Å². The van der Waals surface area contributed by atoms with Crippen LogP contribution in [0.1, 0.15) is 54.9 Å². The van der Waals surface area contributed by atoms with E-state index in [0.29, 0.717) is 11.6 Å². The number of carbonyl (C=O) groups excluding carboxylic acids is 1. The van der Waals surface area contributed by atoms with Gasteiger partial charge in [-0.1, -0.05) is 13.8 Å². The summed E-state index contributed by atoms with van der Waals surface area (Å²) in [7, 11) is 0. The SMILES string of the molecule is CC(C)c1ncc(N)c(C(=O)NC(C)c2ncc[nH]2)n1. The van der Waals surface area contributed by atoms with E-state index in [9.17, 15) is 4.79 Å². The Morgan fingerprint density at radius 1 is 1.35 bits per heavy atom. The van der Waals surface area contributed by atoms with E-state index in [0.717, 1.165) is 0 Å². The number of hydrogen-bond acceptors (Lipinski definition) is 5. The molecule has 106 valence electrons. The highest BCUT2D eigenvalue weighted by Gasteiger charge is 2.18. The first kappa shape index (κ1) is 14.0. The predicted molar refractivity (Wildman–Crippen MR) is 75.0 cm³/mol. The van der Waals surface area contributed by atoms with Crippen molar-refractivity contribution in [2.45, 2.75) is 32.7 Å². The van der Waals surface area contributed by atoms with Gasteiger partial charge in [0.1, 0.15) is 11.6 Å². The highest BCUT2D eigenvalue weighted by atomic mass is 16.2. The maximum Gasteiger partial charge on any atom is 0.272 e. The quantitative estimate of drug-likeness (QED) is 0.780. The zero-order valence-electron chi connectivity index (χ0n) is 11.7. The summed E-state index contributed by atoms with van der Waals surface area (Å²) in [5, 5.41) is 2.80. The summed E-state index contributed by atoms with van der Waals surface area (Å²) in [6.07, 6.45) is 4.80. The molecule has 0 aliphatic carbocycles. The molecule has 0 aliphatic rings. The zero-order chi connectivity index (χ0) is 14.7. The van der Waals surface area contributed by atoms with Crippen molar-refractivity contribution in [1.29, 1.82) is 0 Å². The molecule has 20 heavy (non-hydrogen) atoms. The molecule has 0 radical (unpaired) electrons. The van der Waals surface area contributed by atoms with Gasteiger partial charge in [-0.05, 0) is 6.92 Å². The van der Waals surface area contributed by atoms with Gasteiger partial charge in [0.15, 0.2) is 5.69 Å². The first-order chi connectivity index (χ1) is 9.49. The predicted octanol–water partition coefficient (Wildman–Crippen LogP) is 1.40. The molecule has 0 fully saturated rings. The first-order valence-corrected chi connectivity index (χ1v) is 6.41. The van der Waals surface area contributed by atoms with E-state index >= 15 is 0 Å². The van der Waals surface area contributed by atoms with Crippen LogP contribution in [0.25, 0.3) is 0 Å². The summed E-state index contributed by atoms with van der Waals surface area (Å²) in [4.78, 5) is 27.6. The lowest BCUT2D eigenvalue weighted by Gasteiger charge is -2.13. The van der Waals surface area contributed by atoms with Crippen LogP contribution in [0.15, 0.2) is 18.6 Å². The second-order valence-electron chi connectivity index (χ2n) is 4.86. The van der Waals surface area contributed by atoms with Gasteiger partial charge < -0.3 is 16.0 Å². The molecule has 0 saturated carbocycles. The molecule has 0 spiro atoms. The number of nitrogens with two attached hydrogens (primary N) is 1. The summed E-state index contributed by atoms with van der Waals surface area (Å²) in [5.41, 5.74) is 6.23. The number of rotatable bonds is 4. The van der Waals surface area contributed by atoms with Crippen LogP contribution in [-0.4, -0.2) is 25.8 Å². The van der Waals surface area contributed by atoms with E-state index in [2.05, 4.69) is 25.3 Å². The maximum atomic E-state index is 12.2. The molecule has 0 aromatic carbocycles. The van der Waals surface area contributed by atoms with Crippen LogP contribution in [0.3, 0.4) is 0 Å². The summed E-state index contributed by atoms with van der Waals surface area (Å²) in [6.45, 7) is 5.74. The molecule has 2 aromatic heterocycles. The van der Waals surface area contributed by atoms with Crippen molar-refractivity contribution in [3.05, 3.63) is 35.9 Å². The fraction of sp³-hybridized carbons (Fsp3) is 0.385. The third kappa shape index (κ3) is 2.93. The zero-order valence-corrected chi connectivity index (χ0v) is 11.7. The largest absolute Gasteiger partial charge is 0.396 e. The second kappa shape index (κ2) is 5.68. The molecule has 1 amide bonds. The second-order valence-corrected chi connectivity index (χ2v) is 4.86. The number of carbonyl (C=O) groups is 1. The summed E-state index contributed by atoms with van der Waals surface area (Å²) < 4.78 is 0. The molecule has 2 aromatic rings. The van der Waals surface area contributed by atoms with Crippen LogP contribution in [-0.2, 0) is 0 Å². The topological polar surface area (TPSA) is 110 Å². The Bertz CT molecular complexity index is 593. The van der Waals surface area contributed by atoms with Crippen LogP contribution < -0.4 is 11.1 Å². The Kier molecular flexibility index (Phi) is 3.97. The summed E-state index contributed by atoms with van der Waals surface area (Å²) in [6, 6.07) is -0.255. The molecule has 2 rings (SSSR count). The van der Waals surface area contributed by atoms with Gasteiger partial charge in [-0.3, -0.25) is 4.79 Å². The average Bonchev–Trinajstić information content (AvgIpc) is 2.92. The van der Waals surface area contributed by atoms with E-state index in [4.69, 9.17) is 5.73 Å². The fourth-order valence-electron chi connectivity index (χ4n) is 1.71. The molecule has 2 heterocycles. The van der Waals surface area contributed by atoms with Gasteiger partial charge in [0, 0.05) is 18.3 Å². The Morgan fingerprint density at radius 3 is 2.70 bits per heavy atom. The van der Waals surface area contributed by atoms with E-state index in [1.165, 1.54) is 6.20 Å². The van der Waals surface area contributed by atoms with E-state index < -0.39 is 0 Å². The average molecular weight is 274 g/mol. The van der Waals surface area contributed by atoms with E-state index in [1.54, 1.807) is 12.4 Å². The Hall–Kier alpha value is -2.44. The summed E-state index contributed by atoms with van der Waals surface area (Å²) >= 11 is 0. The Balaban J connectivity index is 2.18. The lowest BCUT2D eigenvalue weighted by atomic mass is 10.2. The number of anilines is 1. The molecule has 7 heteroatoms. The number of H-pyrrole nitrogens is 1. The van der Waals surface area contributed by atoms with Crippen molar-refractivity contribution in [3.63, 3.8) is 0 Å². The number of hydrogen-bond donors (Lipinski definition) is 3.